The number of aromatic nitrogens is 3. The van der Waals surface area contributed by atoms with Crippen molar-refractivity contribution in [2.24, 2.45) is 0 Å². The Kier molecular flexibility index (Phi) is 6.20. The van der Waals surface area contributed by atoms with Gasteiger partial charge in [-0.1, -0.05) is 0 Å². The van der Waals surface area contributed by atoms with E-state index in [0.29, 0.717) is 43.8 Å². The Morgan fingerprint density at radius 3 is 2.45 bits per heavy atom. The first-order chi connectivity index (χ1) is 15.0. The highest BCUT2D eigenvalue weighted by atomic mass is 16.2. The van der Waals surface area contributed by atoms with E-state index >= 15 is 0 Å². The molecule has 9 nitrogen and oxygen atoms in total. The summed E-state index contributed by atoms with van der Waals surface area (Å²) in [6.07, 6.45) is 7.50. The first-order valence-corrected chi connectivity index (χ1v) is 11.2. The molecule has 1 saturated heterocycles. The zero-order valence-electron chi connectivity index (χ0n) is 18.2. The van der Waals surface area contributed by atoms with Crippen molar-refractivity contribution < 1.29 is 14.4 Å². The Morgan fingerprint density at radius 2 is 1.81 bits per heavy atom. The van der Waals surface area contributed by atoms with E-state index in [2.05, 4.69) is 20.7 Å². The van der Waals surface area contributed by atoms with Crippen LogP contribution in [0.5, 0.6) is 0 Å². The van der Waals surface area contributed by atoms with Crippen LogP contribution in [0.1, 0.15) is 62.7 Å². The molecule has 0 spiro atoms. The van der Waals surface area contributed by atoms with Gasteiger partial charge < -0.3 is 15.5 Å². The van der Waals surface area contributed by atoms with Crippen molar-refractivity contribution in [2.75, 3.05) is 18.4 Å². The molecule has 0 aromatic carbocycles. The summed E-state index contributed by atoms with van der Waals surface area (Å²) in [5.41, 5.74) is 1.97. The van der Waals surface area contributed by atoms with E-state index in [9.17, 15) is 14.4 Å². The van der Waals surface area contributed by atoms with Crippen LogP contribution in [-0.4, -0.2) is 62.4 Å². The van der Waals surface area contributed by atoms with Gasteiger partial charge in [0.05, 0.1) is 22.8 Å². The van der Waals surface area contributed by atoms with Gasteiger partial charge in [-0.2, -0.15) is 5.10 Å². The van der Waals surface area contributed by atoms with Gasteiger partial charge in [0, 0.05) is 57.7 Å². The zero-order valence-corrected chi connectivity index (χ0v) is 18.2. The molecule has 2 aromatic rings. The van der Waals surface area contributed by atoms with E-state index < -0.39 is 0 Å². The van der Waals surface area contributed by atoms with Crippen molar-refractivity contribution in [3.63, 3.8) is 0 Å². The van der Waals surface area contributed by atoms with E-state index in [-0.39, 0.29) is 23.9 Å². The molecule has 2 aliphatic rings. The number of likely N-dealkylation sites (tertiary alicyclic amines) is 1. The minimum absolute atomic E-state index is 0.0253. The monoisotopic (exact) mass is 426 g/mol. The molecule has 0 atom stereocenters. The van der Waals surface area contributed by atoms with Crippen LogP contribution in [0.3, 0.4) is 0 Å². The maximum Gasteiger partial charge on any atom is 0.255 e. The van der Waals surface area contributed by atoms with Gasteiger partial charge in [0.1, 0.15) is 5.78 Å². The molecule has 0 radical (unpaired) electrons. The van der Waals surface area contributed by atoms with Gasteiger partial charge in [0.25, 0.3) is 5.91 Å². The lowest BCUT2D eigenvalue weighted by atomic mass is 9.94. The summed E-state index contributed by atoms with van der Waals surface area (Å²) in [6.45, 7) is 5.58. The third kappa shape index (κ3) is 4.55. The zero-order chi connectivity index (χ0) is 22.0. The normalized spacial score (nSPS) is 18.4. The summed E-state index contributed by atoms with van der Waals surface area (Å²) in [6, 6.07) is 0.163. The van der Waals surface area contributed by atoms with Gasteiger partial charge in [-0.3, -0.25) is 14.4 Å². The molecular formula is C22H30N6O3. The van der Waals surface area contributed by atoms with Crippen molar-refractivity contribution in [2.45, 2.75) is 71.0 Å². The number of hydrogen-bond donors (Lipinski definition) is 2. The second kappa shape index (κ2) is 9.03. The predicted molar refractivity (Wildman–Crippen MR) is 117 cm³/mol. The number of carbonyl (C=O) groups is 3. The number of piperidine rings is 1. The van der Waals surface area contributed by atoms with Gasteiger partial charge in [0.15, 0.2) is 5.65 Å². The quantitative estimate of drug-likeness (QED) is 0.758. The summed E-state index contributed by atoms with van der Waals surface area (Å²) in [7, 11) is 0. The number of anilines is 1. The Bertz CT molecular complexity index is 983. The summed E-state index contributed by atoms with van der Waals surface area (Å²) < 4.78 is 1.81. The number of amides is 2. The molecule has 2 amide bonds. The summed E-state index contributed by atoms with van der Waals surface area (Å²) in [4.78, 5) is 42.7. The highest BCUT2D eigenvalue weighted by molar-refractivity contribution is 6.06. The molecule has 0 unspecified atom stereocenters. The number of aryl methyl sites for hydroxylation is 1. The van der Waals surface area contributed by atoms with E-state index in [0.717, 1.165) is 42.4 Å². The van der Waals surface area contributed by atoms with Crippen LogP contribution < -0.4 is 10.6 Å². The number of Topliss-reactive ketones (excluding diaryl/α,β-unsaturated/α-hetero) is 1. The Labute approximate surface area is 181 Å². The van der Waals surface area contributed by atoms with Gasteiger partial charge in [0.2, 0.25) is 5.91 Å². The van der Waals surface area contributed by atoms with Crippen LogP contribution in [0.15, 0.2) is 12.4 Å². The van der Waals surface area contributed by atoms with Crippen LogP contribution >= 0.6 is 0 Å². The maximum atomic E-state index is 13.2. The number of nitrogens with one attached hydrogen (secondary N) is 2. The van der Waals surface area contributed by atoms with Gasteiger partial charge >= 0.3 is 0 Å². The molecule has 9 heteroatoms. The number of nitrogens with zero attached hydrogens (tertiary/aromatic N) is 4. The minimum Gasteiger partial charge on any atom is -0.381 e. The highest BCUT2D eigenvalue weighted by Crippen LogP contribution is 2.29. The number of ketones is 1. The van der Waals surface area contributed by atoms with Crippen LogP contribution in [0.25, 0.3) is 11.0 Å². The average molecular weight is 427 g/mol. The van der Waals surface area contributed by atoms with Crippen LogP contribution in [0.2, 0.25) is 0 Å². The predicted octanol–water partition coefficient (Wildman–Crippen LogP) is 2.12. The van der Waals surface area contributed by atoms with Gasteiger partial charge in [-0.15, -0.1) is 0 Å². The first-order valence-electron chi connectivity index (χ1n) is 11.2. The number of carbonyl (C=O) groups excluding carboxylic acids is 3. The highest BCUT2D eigenvalue weighted by Gasteiger charge is 2.26. The number of hydrogen-bond acceptors (Lipinski definition) is 6. The average Bonchev–Trinajstić information content (AvgIpc) is 3.19. The van der Waals surface area contributed by atoms with Crippen molar-refractivity contribution >= 4 is 34.3 Å². The lowest BCUT2D eigenvalue weighted by Crippen LogP contribution is -2.46. The second-order valence-electron chi connectivity index (χ2n) is 8.46. The lowest BCUT2D eigenvalue weighted by molar-refractivity contribution is -0.129. The third-order valence-electron chi connectivity index (χ3n) is 6.38. The number of pyridine rings is 1. The van der Waals surface area contributed by atoms with E-state index in [1.807, 2.05) is 16.5 Å². The van der Waals surface area contributed by atoms with E-state index in [1.165, 1.54) is 0 Å². The Balaban J connectivity index is 1.56. The largest absolute Gasteiger partial charge is 0.381 e. The van der Waals surface area contributed by atoms with Crippen molar-refractivity contribution in [1.29, 1.82) is 0 Å². The Morgan fingerprint density at radius 1 is 1.10 bits per heavy atom. The topological polar surface area (TPSA) is 109 Å². The van der Waals surface area contributed by atoms with E-state index in [1.54, 1.807) is 19.3 Å². The van der Waals surface area contributed by atoms with Crippen LogP contribution in [-0.2, 0) is 16.1 Å². The van der Waals surface area contributed by atoms with Gasteiger partial charge in [-0.05, 0) is 32.6 Å². The lowest BCUT2D eigenvalue weighted by Gasteiger charge is -2.32. The van der Waals surface area contributed by atoms with Gasteiger partial charge in [-0.25, -0.2) is 9.67 Å². The fourth-order valence-electron chi connectivity index (χ4n) is 4.48. The molecule has 1 aliphatic carbocycles. The third-order valence-corrected chi connectivity index (χ3v) is 6.38. The molecule has 2 fully saturated rings. The molecule has 1 saturated carbocycles. The molecule has 31 heavy (non-hydrogen) atoms. The minimum atomic E-state index is -0.172. The molecule has 1 aliphatic heterocycles. The number of rotatable bonds is 5. The smallest absolute Gasteiger partial charge is 0.255 e. The summed E-state index contributed by atoms with van der Waals surface area (Å²) in [5.74, 6) is 0.200. The summed E-state index contributed by atoms with van der Waals surface area (Å²) in [5, 5.41) is 11.9. The molecule has 2 aromatic heterocycles. The van der Waals surface area contributed by atoms with Crippen molar-refractivity contribution in [1.82, 2.24) is 25.0 Å². The molecule has 2 N–H and O–H groups in total. The standard InChI is InChI=1S/C22H30N6O3/c1-3-28-21-18(13-24-28)20(25-15-4-6-17(30)7-5-15)19(12-23-21)22(31)26-16-8-10-27(11-9-16)14(2)29/h12-13,15-16H,3-11H2,1-2H3,(H,23,25)(H,26,31). The SMILES string of the molecule is CCn1ncc2c(NC3CCC(=O)CC3)c(C(=O)NC3CCN(C(C)=O)CC3)cnc21. The fraction of sp³-hybridized carbons (Fsp3) is 0.591. The molecule has 0 bridgehead atoms. The van der Waals surface area contributed by atoms with Crippen molar-refractivity contribution in [3.05, 3.63) is 18.0 Å². The first kappa shape index (κ1) is 21.3. The molecule has 166 valence electrons. The van der Waals surface area contributed by atoms with Crippen LogP contribution in [0.4, 0.5) is 5.69 Å². The fourth-order valence-corrected chi connectivity index (χ4v) is 4.48. The maximum absolute atomic E-state index is 13.2. The summed E-state index contributed by atoms with van der Waals surface area (Å²) >= 11 is 0. The van der Waals surface area contributed by atoms with Crippen LogP contribution in [0, 0.1) is 0 Å². The Hall–Kier alpha value is -2.97. The second-order valence-corrected chi connectivity index (χ2v) is 8.46. The van der Waals surface area contributed by atoms with E-state index in [4.69, 9.17) is 0 Å². The van der Waals surface area contributed by atoms with Crippen molar-refractivity contribution in [3.8, 4) is 0 Å². The number of fused-ring (bicyclic) bond motifs is 1. The molecule has 3 heterocycles. The molecule has 4 rings (SSSR count). The molecular weight excluding hydrogens is 396 g/mol.